The molecule has 0 saturated carbocycles. The van der Waals surface area contributed by atoms with E-state index in [1.54, 1.807) is 42.5 Å². The second kappa shape index (κ2) is 10.5. The van der Waals surface area contributed by atoms with Crippen molar-refractivity contribution in [3.63, 3.8) is 0 Å². The van der Waals surface area contributed by atoms with Crippen molar-refractivity contribution in [3.05, 3.63) is 145 Å². The summed E-state index contributed by atoms with van der Waals surface area (Å²) in [5.41, 5.74) is 4.73. The first kappa shape index (κ1) is 22.8. The molecule has 0 aliphatic rings. The van der Waals surface area contributed by atoms with Gasteiger partial charge in [-0.25, -0.2) is 9.59 Å². The highest BCUT2D eigenvalue weighted by atomic mass is 16.5. The molecule has 0 fully saturated rings. The van der Waals surface area contributed by atoms with Crippen molar-refractivity contribution in [2.75, 3.05) is 0 Å². The van der Waals surface area contributed by atoms with Crippen molar-refractivity contribution >= 4 is 11.9 Å². The molecule has 0 aromatic heterocycles. The van der Waals surface area contributed by atoms with Crippen LogP contribution in [0.15, 0.2) is 133 Å². The van der Waals surface area contributed by atoms with Crippen LogP contribution in [0.5, 0.6) is 11.5 Å². The molecule has 0 saturated heterocycles. The Morgan fingerprint density at radius 2 is 0.750 bits per heavy atom. The van der Waals surface area contributed by atoms with E-state index < -0.39 is 11.9 Å². The van der Waals surface area contributed by atoms with E-state index in [0.717, 1.165) is 22.3 Å². The van der Waals surface area contributed by atoms with Gasteiger partial charge in [0.05, 0.1) is 11.1 Å². The molecule has 0 bridgehead atoms. The fraction of sp³-hybridized carbons (Fsp3) is 0. The topological polar surface area (TPSA) is 52.6 Å². The van der Waals surface area contributed by atoms with Crippen molar-refractivity contribution in [3.8, 4) is 33.8 Å². The first-order chi connectivity index (χ1) is 17.7. The van der Waals surface area contributed by atoms with Crippen LogP contribution in [0.1, 0.15) is 20.7 Å². The molecule has 4 heteroatoms. The third kappa shape index (κ3) is 5.40. The minimum atomic E-state index is -0.552. The predicted molar refractivity (Wildman–Crippen MR) is 140 cm³/mol. The third-order valence-electron chi connectivity index (χ3n) is 5.68. The van der Waals surface area contributed by atoms with E-state index in [4.69, 9.17) is 9.47 Å². The number of esters is 2. The van der Waals surface area contributed by atoms with Crippen molar-refractivity contribution in [2.45, 2.75) is 0 Å². The lowest BCUT2D eigenvalue weighted by atomic mass is 10.1. The van der Waals surface area contributed by atoms with E-state index in [2.05, 4.69) is 0 Å². The van der Waals surface area contributed by atoms with Gasteiger partial charge in [-0.3, -0.25) is 0 Å². The molecule has 5 aromatic carbocycles. The molecule has 5 rings (SSSR count). The molecule has 0 amide bonds. The van der Waals surface area contributed by atoms with Crippen LogP contribution in [0.3, 0.4) is 0 Å². The van der Waals surface area contributed by atoms with Gasteiger partial charge in [-0.15, -0.1) is 0 Å². The van der Waals surface area contributed by atoms with Gasteiger partial charge in [-0.2, -0.15) is 0 Å². The lowest BCUT2D eigenvalue weighted by Crippen LogP contribution is -2.12. The van der Waals surface area contributed by atoms with Crippen LogP contribution >= 0.6 is 0 Å². The summed E-state index contributed by atoms with van der Waals surface area (Å²) in [6, 6.07) is 40.8. The summed E-state index contributed by atoms with van der Waals surface area (Å²) in [6.45, 7) is 0. The Balaban J connectivity index is 1.24. The second-order valence-electron chi connectivity index (χ2n) is 8.14. The number of benzene rings is 5. The van der Waals surface area contributed by atoms with Gasteiger partial charge >= 0.3 is 11.9 Å². The van der Waals surface area contributed by atoms with Gasteiger partial charge in [-0.05, 0) is 64.7 Å². The maximum Gasteiger partial charge on any atom is 0.343 e. The molecule has 4 nitrogen and oxygen atoms in total. The maximum atomic E-state index is 12.7. The van der Waals surface area contributed by atoms with Crippen molar-refractivity contribution in [1.82, 2.24) is 0 Å². The summed E-state index contributed by atoms with van der Waals surface area (Å²) in [4.78, 5) is 25.4. The standard InChI is InChI=1S/C32H22O4/c33-31(35-29-18-14-25(15-19-29)23-8-3-1-4-9-23)27-12-7-13-28(22-27)32(34)36-30-20-16-26(17-21-30)24-10-5-2-6-11-24/h1-22H. The fourth-order valence-corrected chi connectivity index (χ4v) is 3.80. The predicted octanol–water partition coefficient (Wildman–Crippen LogP) is 7.46. The fourth-order valence-electron chi connectivity index (χ4n) is 3.80. The quantitative estimate of drug-likeness (QED) is 0.191. The number of ether oxygens (including phenoxy) is 2. The van der Waals surface area contributed by atoms with E-state index in [9.17, 15) is 9.59 Å². The highest BCUT2D eigenvalue weighted by Crippen LogP contribution is 2.24. The summed E-state index contributed by atoms with van der Waals surface area (Å²) in [5, 5.41) is 0. The van der Waals surface area contributed by atoms with Gasteiger partial charge < -0.3 is 9.47 Å². The molecule has 0 atom stereocenters. The zero-order valence-corrected chi connectivity index (χ0v) is 19.3. The lowest BCUT2D eigenvalue weighted by molar-refractivity contribution is 0.0734. The van der Waals surface area contributed by atoms with Crippen LogP contribution in [0.4, 0.5) is 0 Å². The molecular weight excluding hydrogens is 448 g/mol. The Labute approximate surface area is 209 Å². The number of carbonyl (C=O) groups is 2. The van der Waals surface area contributed by atoms with E-state index in [-0.39, 0.29) is 11.1 Å². The largest absolute Gasteiger partial charge is 0.423 e. The molecule has 0 radical (unpaired) electrons. The van der Waals surface area contributed by atoms with Gasteiger partial charge in [0.2, 0.25) is 0 Å². The molecular formula is C32H22O4. The number of carbonyl (C=O) groups excluding carboxylic acids is 2. The smallest absolute Gasteiger partial charge is 0.343 e. The average Bonchev–Trinajstić information content (AvgIpc) is 2.95. The van der Waals surface area contributed by atoms with Crippen molar-refractivity contribution in [1.29, 1.82) is 0 Å². The van der Waals surface area contributed by atoms with Gasteiger partial charge in [0.15, 0.2) is 0 Å². The summed E-state index contributed by atoms with van der Waals surface area (Å²) < 4.78 is 11.0. The molecule has 0 N–H and O–H groups in total. The summed E-state index contributed by atoms with van der Waals surface area (Å²) in [7, 11) is 0. The average molecular weight is 471 g/mol. The van der Waals surface area contributed by atoms with Gasteiger partial charge in [0.25, 0.3) is 0 Å². The Hall–Kier alpha value is -4.96. The first-order valence-corrected chi connectivity index (χ1v) is 11.5. The van der Waals surface area contributed by atoms with E-state index in [1.165, 1.54) is 6.07 Å². The van der Waals surface area contributed by atoms with Gasteiger partial charge in [0.1, 0.15) is 11.5 Å². The molecule has 0 aliphatic heterocycles. The molecule has 36 heavy (non-hydrogen) atoms. The number of hydrogen-bond acceptors (Lipinski definition) is 4. The normalized spacial score (nSPS) is 10.4. The highest BCUT2D eigenvalue weighted by molar-refractivity contribution is 5.96. The van der Waals surface area contributed by atoms with Crippen LogP contribution in [0, 0.1) is 0 Å². The molecule has 5 aromatic rings. The van der Waals surface area contributed by atoms with E-state index in [1.807, 2.05) is 84.9 Å². The molecule has 0 unspecified atom stereocenters. The van der Waals surface area contributed by atoms with Crippen LogP contribution < -0.4 is 9.47 Å². The monoisotopic (exact) mass is 470 g/mol. The number of rotatable bonds is 6. The van der Waals surface area contributed by atoms with E-state index >= 15 is 0 Å². The third-order valence-corrected chi connectivity index (χ3v) is 5.68. The molecule has 0 spiro atoms. The summed E-state index contributed by atoms with van der Waals surface area (Å²) in [6.07, 6.45) is 0. The summed E-state index contributed by atoms with van der Waals surface area (Å²) >= 11 is 0. The Morgan fingerprint density at radius 1 is 0.389 bits per heavy atom. The van der Waals surface area contributed by atoms with Crippen molar-refractivity contribution in [2.24, 2.45) is 0 Å². The van der Waals surface area contributed by atoms with Gasteiger partial charge in [-0.1, -0.05) is 91.0 Å². The van der Waals surface area contributed by atoms with Crippen molar-refractivity contribution < 1.29 is 19.1 Å². The minimum Gasteiger partial charge on any atom is -0.423 e. The van der Waals surface area contributed by atoms with Crippen LogP contribution in [0.2, 0.25) is 0 Å². The molecule has 0 heterocycles. The Bertz CT molecular complexity index is 1360. The molecule has 0 aliphatic carbocycles. The first-order valence-electron chi connectivity index (χ1n) is 11.5. The Kier molecular flexibility index (Phi) is 6.68. The second-order valence-corrected chi connectivity index (χ2v) is 8.14. The van der Waals surface area contributed by atoms with Crippen LogP contribution in [-0.2, 0) is 0 Å². The van der Waals surface area contributed by atoms with Crippen LogP contribution in [0.25, 0.3) is 22.3 Å². The zero-order valence-electron chi connectivity index (χ0n) is 19.3. The minimum absolute atomic E-state index is 0.260. The van der Waals surface area contributed by atoms with Crippen LogP contribution in [-0.4, -0.2) is 11.9 Å². The number of hydrogen-bond donors (Lipinski definition) is 0. The molecule has 174 valence electrons. The maximum absolute atomic E-state index is 12.7. The Morgan fingerprint density at radius 3 is 1.14 bits per heavy atom. The summed E-state index contributed by atoms with van der Waals surface area (Å²) in [5.74, 6) is -0.258. The SMILES string of the molecule is O=C(Oc1ccc(-c2ccccc2)cc1)c1cccc(C(=O)Oc2ccc(-c3ccccc3)cc2)c1. The zero-order chi connectivity index (χ0) is 24.7. The van der Waals surface area contributed by atoms with Gasteiger partial charge in [0, 0.05) is 0 Å². The lowest BCUT2D eigenvalue weighted by Gasteiger charge is -2.08. The highest BCUT2D eigenvalue weighted by Gasteiger charge is 2.14. The van der Waals surface area contributed by atoms with E-state index in [0.29, 0.717) is 11.5 Å².